The highest BCUT2D eigenvalue weighted by molar-refractivity contribution is 5.14. The van der Waals surface area contributed by atoms with Crippen LogP contribution in [0.4, 0.5) is 0 Å². The summed E-state index contributed by atoms with van der Waals surface area (Å²) >= 11 is 0. The molecule has 0 saturated carbocycles. The van der Waals surface area contributed by atoms with E-state index in [1.165, 1.54) is 37.7 Å². The fraction of sp³-hybridized carbons (Fsp3) is 0.500. The minimum atomic E-state index is 0.707. The molecule has 0 aliphatic carbocycles. The average Bonchev–Trinajstić information content (AvgIpc) is 2.29. The maximum absolute atomic E-state index is 6.66. The third-order valence-corrected chi connectivity index (χ3v) is 2.58. The van der Waals surface area contributed by atoms with Gasteiger partial charge in [0.1, 0.15) is 0 Å². The monoisotopic (exact) mass is 201 g/mol. The van der Waals surface area contributed by atoms with Crippen molar-refractivity contribution in [2.45, 2.75) is 38.5 Å². The van der Waals surface area contributed by atoms with E-state index in [-0.39, 0.29) is 0 Å². The van der Waals surface area contributed by atoms with Gasteiger partial charge in [0.15, 0.2) is 0 Å². The number of hydrogen-bond donors (Lipinski definition) is 0. The largest absolute Gasteiger partial charge is 0.317 e. The zero-order valence-electron chi connectivity index (χ0n) is 9.28. The van der Waals surface area contributed by atoms with Crippen LogP contribution in [0.5, 0.6) is 0 Å². The molecule has 1 aromatic rings. The van der Waals surface area contributed by atoms with E-state index in [9.17, 15) is 0 Å². The summed E-state index contributed by atoms with van der Waals surface area (Å²) in [5.41, 5.74) is 1.44. The summed E-state index contributed by atoms with van der Waals surface area (Å²) in [5, 5.41) is 0. The second kappa shape index (κ2) is 8.05. The average molecular weight is 201 g/mol. The lowest BCUT2D eigenvalue weighted by Crippen LogP contribution is -1.86. The maximum atomic E-state index is 6.66. The zero-order chi connectivity index (χ0) is 10.8. The number of unbranched alkanes of at least 4 members (excludes halogenated alkanes) is 4. The summed E-state index contributed by atoms with van der Waals surface area (Å²) in [6.45, 7) is 7.36. The van der Waals surface area contributed by atoms with E-state index in [1.807, 2.05) is 0 Å². The minimum absolute atomic E-state index is 0.707. The third kappa shape index (κ3) is 5.91. The molecule has 0 radical (unpaired) electrons. The van der Waals surface area contributed by atoms with Gasteiger partial charge in [-0.25, -0.2) is 6.57 Å². The van der Waals surface area contributed by atoms with Gasteiger partial charge in [0.25, 0.3) is 0 Å². The first kappa shape index (κ1) is 11.8. The molecule has 0 spiro atoms. The first-order valence-corrected chi connectivity index (χ1v) is 5.80. The molecule has 1 heteroatoms. The van der Waals surface area contributed by atoms with Gasteiger partial charge in [0.2, 0.25) is 6.54 Å². The molecule has 0 aromatic heterocycles. The fourth-order valence-corrected chi connectivity index (χ4v) is 1.69. The van der Waals surface area contributed by atoms with Crippen LogP contribution in [0.3, 0.4) is 0 Å². The molecule has 1 rings (SSSR count). The molecule has 15 heavy (non-hydrogen) atoms. The van der Waals surface area contributed by atoms with Gasteiger partial charge in [-0.15, -0.1) is 0 Å². The van der Waals surface area contributed by atoms with Gasteiger partial charge in [-0.3, -0.25) is 0 Å². The summed E-state index contributed by atoms with van der Waals surface area (Å²) in [4.78, 5) is 3.35. The molecule has 0 aliphatic rings. The molecule has 1 aromatic carbocycles. The molecule has 0 fully saturated rings. The summed E-state index contributed by atoms with van der Waals surface area (Å²) in [6.07, 6.45) is 7.35. The van der Waals surface area contributed by atoms with Crippen LogP contribution in [0, 0.1) is 6.57 Å². The van der Waals surface area contributed by atoms with Crippen molar-refractivity contribution < 1.29 is 0 Å². The van der Waals surface area contributed by atoms with Crippen LogP contribution in [0.2, 0.25) is 0 Å². The highest BCUT2D eigenvalue weighted by atomic mass is 14.6. The molecule has 0 atom stereocenters. The highest BCUT2D eigenvalue weighted by Crippen LogP contribution is 2.08. The second-order valence-electron chi connectivity index (χ2n) is 3.89. The quantitative estimate of drug-likeness (QED) is 0.462. The first-order valence-electron chi connectivity index (χ1n) is 5.80. The van der Waals surface area contributed by atoms with Crippen molar-refractivity contribution in [2.75, 3.05) is 6.54 Å². The Balaban J connectivity index is 1.96. The van der Waals surface area contributed by atoms with E-state index in [2.05, 4.69) is 35.2 Å². The molecule has 0 heterocycles. The Kier molecular flexibility index (Phi) is 6.33. The van der Waals surface area contributed by atoms with Crippen LogP contribution >= 0.6 is 0 Å². The Morgan fingerprint density at radius 2 is 1.53 bits per heavy atom. The lowest BCUT2D eigenvalue weighted by molar-refractivity contribution is 0.628. The molecule has 1 nitrogen and oxygen atoms in total. The van der Waals surface area contributed by atoms with E-state index in [0.717, 1.165) is 6.42 Å². The van der Waals surface area contributed by atoms with Crippen LogP contribution in [0.1, 0.15) is 37.7 Å². The van der Waals surface area contributed by atoms with E-state index >= 15 is 0 Å². The molecule has 80 valence electrons. The third-order valence-electron chi connectivity index (χ3n) is 2.58. The number of aryl methyl sites for hydroxylation is 1. The highest BCUT2D eigenvalue weighted by Gasteiger charge is 1.93. The summed E-state index contributed by atoms with van der Waals surface area (Å²) in [6, 6.07) is 10.7. The van der Waals surface area contributed by atoms with E-state index in [1.54, 1.807) is 0 Å². The number of rotatable bonds is 7. The van der Waals surface area contributed by atoms with Crippen molar-refractivity contribution in [1.82, 2.24) is 0 Å². The minimum Gasteiger partial charge on any atom is -0.317 e. The van der Waals surface area contributed by atoms with Crippen LogP contribution in [-0.4, -0.2) is 6.54 Å². The number of benzene rings is 1. The smallest absolute Gasteiger partial charge is 0.214 e. The molecular formula is C14H19N. The van der Waals surface area contributed by atoms with Gasteiger partial charge in [0, 0.05) is 6.42 Å². The molecule has 0 unspecified atom stereocenters. The fourth-order valence-electron chi connectivity index (χ4n) is 1.69. The number of hydrogen-bond acceptors (Lipinski definition) is 0. The lowest BCUT2D eigenvalue weighted by atomic mass is 10.1. The topological polar surface area (TPSA) is 4.36 Å². The predicted octanol–water partition coefficient (Wildman–Crippen LogP) is 4.10. The summed E-state index contributed by atoms with van der Waals surface area (Å²) in [5.74, 6) is 0. The molecule has 0 bridgehead atoms. The van der Waals surface area contributed by atoms with Gasteiger partial charge in [-0.2, -0.15) is 0 Å². The molecule has 0 amide bonds. The van der Waals surface area contributed by atoms with Gasteiger partial charge in [-0.05, 0) is 24.8 Å². The van der Waals surface area contributed by atoms with Gasteiger partial charge in [0.05, 0.1) is 0 Å². The standard InChI is InChI=1S/C14H19N/c1-15-13-9-4-2-3-6-10-14-11-7-5-8-12-14/h5,7-8,11-12H,2-4,6,9-10,13H2. The predicted molar refractivity (Wildman–Crippen MR) is 64.7 cm³/mol. The van der Waals surface area contributed by atoms with Crippen molar-refractivity contribution in [3.05, 3.63) is 47.3 Å². The van der Waals surface area contributed by atoms with Crippen LogP contribution in [0.15, 0.2) is 30.3 Å². The number of nitrogens with zero attached hydrogens (tertiary/aromatic N) is 1. The van der Waals surface area contributed by atoms with Gasteiger partial charge in [-0.1, -0.05) is 43.2 Å². The zero-order valence-corrected chi connectivity index (χ0v) is 9.28. The Morgan fingerprint density at radius 1 is 0.867 bits per heavy atom. The molecular weight excluding hydrogens is 182 g/mol. The van der Waals surface area contributed by atoms with E-state index in [0.29, 0.717) is 6.54 Å². The second-order valence-corrected chi connectivity index (χ2v) is 3.89. The van der Waals surface area contributed by atoms with Crippen molar-refractivity contribution in [2.24, 2.45) is 0 Å². The van der Waals surface area contributed by atoms with Crippen molar-refractivity contribution in [3.8, 4) is 0 Å². The maximum Gasteiger partial charge on any atom is 0.214 e. The Hall–Kier alpha value is -1.29. The van der Waals surface area contributed by atoms with Gasteiger partial charge < -0.3 is 4.85 Å². The van der Waals surface area contributed by atoms with Crippen LogP contribution in [-0.2, 0) is 6.42 Å². The van der Waals surface area contributed by atoms with Crippen LogP contribution < -0.4 is 0 Å². The van der Waals surface area contributed by atoms with Gasteiger partial charge >= 0.3 is 0 Å². The molecule has 0 saturated heterocycles. The molecule has 0 aliphatic heterocycles. The summed E-state index contributed by atoms with van der Waals surface area (Å²) < 4.78 is 0. The SMILES string of the molecule is [C-]#[N+]CCCCCCCc1ccccc1. The van der Waals surface area contributed by atoms with Crippen molar-refractivity contribution in [3.63, 3.8) is 0 Å². The molecule has 0 N–H and O–H groups in total. The lowest BCUT2D eigenvalue weighted by Gasteiger charge is -2.00. The Morgan fingerprint density at radius 3 is 2.27 bits per heavy atom. The van der Waals surface area contributed by atoms with Crippen molar-refractivity contribution >= 4 is 0 Å². The van der Waals surface area contributed by atoms with E-state index < -0.39 is 0 Å². The van der Waals surface area contributed by atoms with E-state index in [4.69, 9.17) is 6.57 Å². The Labute approximate surface area is 93.0 Å². The summed E-state index contributed by atoms with van der Waals surface area (Å²) in [7, 11) is 0. The van der Waals surface area contributed by atoms with Crippen LogP contribution in [0.25, 0.3) is 4.85 Å². The normalized spacial score (nSPS) is 9.80. The Bertz CT molecular complexity index is 284. The first-order chi connectivity index (χ1) is 7.43. The van der Waals surface area contributed by atoms with Crippen molar-refractivity contribution in [1.29, 1.82) is 0 Å².